The van der Waals surface area contributed by atoms with Gasteiger partial charge < -0.3 is 20.8 Å². The molecule has 8 nitrogen and oxygen atoms in total. The number of imidazole rings is 1. The maximum absolute atomic E-state index is 12.9. The number of primary amides is 1. The Bertz CT molecular complexity index is 1300. The minimum atomic E-state index is -1.12. The average molecular weight is 428 g/mol. The number of nitrogens with one attached hydrogen (secondary N) is 2. The third-order valence-electron chi connectivity index (χ3n) is 4.89. The predicted octanol–water partition coefficient (Wildman–Crippen LogP) is 3.51. The number of esters is 1. The standard InChI is InChI=1S/C24H20N4O4/c1-14(23(30)28-18-11-5-4-10-17(18)21(25)29)32-24(31)16-9-3-2-8-15(16)22-26-19-12-6-7-13-20(19)27-22/h2-14H,1H3,(H2,25,29)(H,26,27)(H,28,30). The Kier molecular flexibility index (Phi) is 5.67. The third-order valence-corrected chi connectivity index (χ3v) is 4.89. The summed E-state index contributed by atoms with van der Waals surface area (Å²) in [7, 11) is 0. The van der Waals surface area contributed by atoms with Gasteiger partial charge in [0.2, 0.25) is 0 Å². The molecule has 0 saturated heterocycles. The zero-order chi connectivity index (χ0) is 22.7. The molecule has 2 amide bonds. The van der Waals surface area contributed by atoms with E-state index < -0.39 is 23.9 Å². The van der Waals surface area contributed by atoms with E-state index in [-0.39, 0.29) is 16.8 Å². The van der Waals surface area contributed by atoms with E-state index in [4.69, 9.17) is 10.5 Å². The van der Waals surface area contributed by atoms with Gasteiger partial charge in [0, 0.05) is 5.56 Å². The maximum Gasteiger partial charge on any atom is 0.339 e. The van der Waals surface area contributed by atoms with Crippen molar-refractivity contribution in [2.45, 2.75) is 13.0 Å². The number of para-hydroxylation sites is 3. The van der Waals surface area contributed by atoms with Crippen LogP contribution in [0.25, 0.3) is 22.4 Å². The molecule has 0 saturated carbocycles. The van der Waals surface area contributed by atoms with Crippen molar-refractivity contribution < 1.29 is 19.1 Å². The molecule has 0 aliphatic rings. The first-order valence-electron chi connectivity index (χ1n) is 9.89. The maximum atomic E-state index is 12.9. The topological polar surface area (TPSA) is 127 Å². The molecule has 0 bridgehead atoms. The van der Waals surface area contributed by atoms with Gasteiger partial charge in [-0.15, -0.1) is 0 Å². The van der Waals surface area contributed by atoms with Crippen LogP contribution in [0.5, 0.6) is 0 Å². The number of hydrogen-bond acceptors (Lipinski definition) is 5. The second-order valence-electron chi connectivity index (χ2n) is 7.09. The van der Waals surface area contributed by atoms with Crippen molar-refractivity contribution in [2.24, 2.45) is 5.73 Å². The normalized spacial score (nSPS) is 11.7. The highest BCUT2D eigenvalue weighted by Gasteiger charge is 2.23. The molecule has 4 N–H and O–H groups in total. The first-order chi connectivity index (χ1) is 15.4. The number of rotatable bonds is 6. The summed E-state index contributed by atoms with van der Waals surface area (Å²) in [5.74, 6) is -1.42. The first-order valence-corrected chi connectivity index (χ1v) is 9.89. The van der Waals surface area contributed by atoms with Crippen LogP contribution in [0.4, 0.5) is 5.69 Å². The van der Waals surface area contributed by atoms with Crippen molar-refractivity contribution in [1.29, 1.82) is 0 Å². The molecule has 4 aromatic rings. The van der Waals surface area contributed by atoms with Gasteiger partial charge >= 0.3 is 5.97 Å². The average Bonchev–Trinajstić information content (AvgIpc) is 3.23. The molecule has 0 aliphatic heterocycles. The van der Waals surface area contributed by atoms with Gasteiger partial charge in [0.05, 0.1) is 27.8 Å². The minimum absolute atomic E-state index is 0.162. The van der Waals surface area contributed by atoms with Gasteiger partial charge in [0.25, 0.3) is 11.8 Å². The van der Waals surface area contributed by atoms with Crippen molar-refractivity contribution in [3.63, 3.8) is 0 Å². The largest absolute Gasteiger partial charge is 0.449 e. The molecule has 1 atom stereocenters. The number of carbonyl (C=O) groups excluding carboxylic acids is 3. The highest BCUT2D eigenvalue weighted by molar-refractivity contribution is 6.05. The molecule has 0 spiro atoms. The van der Waals surface area contributed by atoms with Crippen molar-refractivity contribution in [3.05, 3.63) is 83.9 Å². The van der Waals surface area contributed by atoms with E-state index in [0.29, 0.717) is 11.4 Å². The van der Waals surface area contributed by atoms with E-state index in [9.17, 15) is 14.4 Å². The van der Waals surface area contributed by atoms with Crippen molar-refractivity contribution in [1.82, 2.24) is 9.97 Å². The molecule has 3 aromatic carbocycles. The smallest absolute Gasteiger partial charge is 0.339 e. The third kappa shape index (κ3) is 4.20. The highest BCUT2D eigenvalue weighted by atomic mass is 16.5. The summed E-state index contributed by atoms with van der Waals surface area (Å²) in [5.41, 5.74) is 8.18. The minimum Gasteiger partial charge on any atom is -0.449 e. The molecule has 0 fully saturated rings. The Labute approximate surface area is 183 Å². The van der Waals surface area contributed by atoms with Crippen LogP contribution in [-0.4, -0.2) is 33.9 Å². The Morgan fingerprint density at radius 2 is 1.59 bits per heavy atom. The zero-order valence-electron chi connectivity index (χ0n) is 17.2. The molecule has 1 unspecified atom stereocenters. The number of H-pyrrole nitrogens is 1. The van der Waals surface area contributed by atoms with Gasteiger partial charge in [-0.25, -0.2) is 9.78 Å². The van der Waals surface area contributed by atoms with Crippen LogP contribution in [0.15, 0.2) is 72.8 Å². The van der Waals surface area contributed by atoms with Gasteiger partial charge in [0.15, 0.2) is 6.10 Å². The van der Waals surface area contributed by atoms with Gasteiger partial charge in [-0.05, 0) is 37.3 Å². The summed E-state index contributed by atoms with van der Waals surface area (Å²) in [6, 6.07) is 20.7. The second kappa shape index (κ2) is 8.73. The number of nitrogens with two attached hydrogens (primary N) is 1. The van der Waals surface area contributed by atoms with E-state index in [0.717, 1.165) is 11.0 Å². The Morgan fingerprint density at radius 1 is 0.938 bits per heavy atom. The fraction of sp³-hybridized carbons (Fsp3) is 0.0833. The number of benzene rings is 3. The number of aromatic nitrogens is 2. The van der Waals surface area contributed by atoms with Crippen LogP contribution in [0.3, 0.4) is 0 Å². The zero-order valence-corrected chi connectivity index (χ0v) is 17.2. The van der Waals surface area contributed by atoms with Crippen molar-refractivity contribution >= 4 is 34.5 Å². The Balaban J connectivity index is 1.53. The molecular formula is C24H20N4O4. The predicted molar refractivity (Wildman–Crippen MR) is 120 cm³/mol. The number of nitrogens with zero attached hydrogens (tertiary/aromatic N) is 1. The van der Waals surface area contributed by atoms with E-state index in [1.54, 1.807) is 42.5 Å². The molecule has 8 heteroatoms. The second-order valence-corrected chi connectivity index (χ2v) is 7.09. The Morgan fingerprint density at radius 3 is 2.34 bits per heavy atom. The van der Waals surface area contributed by atoms with Crippen LogP contribution in [0.2, 0.25) is 0 Å². The number of fused-ring (bicyclic) bond motifs is 1. The van der Waals surface area contributed by atoms with Gasteiger partial charge in [0.1, 0.15) is 5.82 Å². The van der Waals surface area contributed by atoms with Crippen LogP contribution in [0.1, 0.15) is 27.6 Å². The summed E-state index contributed by atoms with van der Waals surface area (Å²) < 4.78 is 5.40. The van der Waals surface area contributed by atoms with Crippen LogP contribution in [0, 0.1) is 0 Å². The fourth-order valence-corrected chi connectivity index (χ4v) is 3.27. The molecule has 1 heterocycles. The number of carbonyl (C=O) groups is 3. The van der Waals surface area contributed by atoms with E-state index >= 15 is 0 Å². The molecule has 1 aromatic heterocycles. The molecule has 160 valence electrons. The summed E-state index contributed by atoms with van der Waals surface area (Å²) >= 11 is 0. The molecule has 0 radical (unpaired) electrons. The highest BCUT2D eigenvalue weighted by Crippen LogP contribution is 2.25. The lowest BCUT2D eigenvalue weighted by Gasteiger charge is -2.15. The van der Waals surface area contributed by atoms with Crippen LogP contribution in [-0.2, 0) is 9.53 Å². The number of aromatic amines is 1. The Hall–Kier alpha value is -4.46. The lowest BCUT2D eigenvalue weighted by molar-refractivity contribution is -0.123. The van der Waals surface area contributed by atoms with E-state index in [1.807, 2.05) is 24.3 Å². The summed E-state index contributed by atoms with van der Waals surface area (Å²) in [5, 5.41) is 2.58. The monoisotopic (exact) mass is 428 g/mol. The number of hydrogen-bond donors (Lipinski definition) is 3. The van der Waals surface area contributed by atoms with Crippen LogP contribution >= 0.6 is 0 Å². The number of anilines is 1. The first kappa shape index (κ1) is 20.8. The van der Waals surface area contributed by atoms with E-state index in [2.05, 4.69) is 15.3 Å². The SMILES string of the molecule is CC(OC(=O)c1ccccc1-c1nc2ccccc2[nH]1)C(=O)Nc1ccccc1C(N)=O. The lowest BCUT2D eigenvalue weighted by Crippen LogP contribution is -2.31. The number of ether oxygens (including phenoxy) is 1. The fourth-order valence-electron chi connectivity index (χ4n) is 3.27. The molecule has 0 aliphatic carbocycles. The van der Waals surface area contributed by atoms with Crippen molar-refractivity contribution in [3.8, 4) is 11.4 Å². The van der Waals surface area contributed by atoms with E-state index in [1.165, 1.54) is 13.0 Å². The number of amides is 2. The lowest BCUT2D eigenvalue weighted by atomic mass is 10.1. The quantitative estimate of drug-likeness (QED) is 0.405. The van der Waals surface area contributed by atoms with Gasteiger partial charge in [-0.1, -0.05) is 42.5 Å². The molecule has 4 rings (SSSR count). The van der Waals surface area contributed by atoms with Crippen LogP contribution < -0.4 is 11.1 Å². The van der Waals surface area contributed by atoms with Crippen molar-refractivity contribution in [2.75, 3.05) is 5.32 Å². The van der Waals surface area contributed by atoms with Gasteiger partial charge in [-0.2, -0.15) is 0 Å². The summed E-state index contributed by atoms with van der Waals surface area (Å²) in [6.45, 7) is 1.45. The van der Waals surface area contributed by atoms with Gasteiger partial charge in [-0.3, -0.25) is 9.59 Å². The summed E-state index contributed by atoms with van der Waals surface area (Å²) in [4.78, 5) is 44.7. The summed E-state index contributed by atoms with van der Waals surface area (Å²) in [6.07, 6.45) is -1.12. The molecule has 32 heavy (non-hydrogen) atoms. The molecular weight excluding hydrogens is 408 g/mol.